The monoisotopic (exact) mass is 402 g/mol. The highest BCUT2D eigenvalue weighted by molar-refractivity contribution is 6.30. The summed E-state index contributed by atoms with van der Waals surface area (Å²) >= 11 is 5.93. The summed E-state index contributed by atoms with van der Waals surface area (Å²) in [5, 5.41) is 10.1. The highest BCUT2D eigenvalue weighted by atomic mass is 35.5. The molecule has 0 bridgehead atoms. The van der Waals surface area contributed by atoms with Crippen molar-refractivity contribution in [3.8, 4) is 11.1 Å². The predicted octanol–water partition coefficient (Wildman–Crippen LogP) is 5.21. The number of ketones is 1. The summed E-state index contributed by atoms with van der Waals surface area (Å²) in [6.45, 7) is 0. The number of nitrogens with zero attached hydrogens (tertiary/aromatic N) is 1. The van der Waals surface area contributed by atoms with Gasteiger partial charge in [0.2, 0.25) is 0 Å². The first-order chi connectivity index (χ1) is 14.0. The Morgan fingerprint density at radius 3 is 2.62 bits per heavy atom. The van der Waals surface area contributed by atoms with E-state index in [2.05, 4.69) is 9.97 Å². The van der Waals surface area contributed by atoms with Crippen molar-refractivity contribution >= 4 is 40.5 Å². The van der Waals surface area contributed by atoms with E-state index in [0.717, 1.165) is 22.8 Å². The summed E-state index contributed by atoms with van der Waals surface area (Å²) in [4.78, 5) is 31.3. The van der Waals surface area contributed by atoms with E-state index in [9.17, 15) is 9.59 Å². The molecule has 0 atom stereocenters. The largest absolute Gasteiger partial charge is 0.478 e. The predicted molar refractivity (Wildman–Crippen MR) is 113 cm³/mol. The molecule has 6 heteroatoms. The lowest BCUT2D eigenvalue weighted by Crippen LogP contribution is -2.00. The smallest absolute Gasteiger partial charge is 0.328 e. The highest BCUT2D eigenvalue weighted by Gasteiger charge is 2.18. The van der Waals surface area contributed by atoms with Crippen LogP contribution in [0.3, 0.4) is 0 Å². The first-order valence-electron chi connectivity index (χ1n) is 8.81. The van der Waals surface area contributed by atoms with Gasteiger partial charge in [-0.2, -0.15) is 0 Å². The molecule has 0 amide bonds. The number of aromatic amines is 1. The van der Waals surface area contributed by atoms with Gasteiger partial charge in [0.05, 0.1) is 5.56 Å². The minimum Gasteiger partial charge on any atom is -0.478 e. The van der Waals surface area contributed by atoms with E-state index in [1.807, 2.05) is 30.3 Å². The van der Waals surface area contributed by atoms with E-state index in [1.54, 1.807) is 36.7 Å². The SMILES string of the molecule is O=C(O)/C=C/c1cccc(-c2ccnc3[nH]cc(C(=O)c4ccc(Cl)cc4)c23)c1. The number of rotatable bonds is 5. The number of benzene rings is 2. The molecule has 0 saturated heterocycles. The quantitative estimate of drug-likeness (QED) is 0.354. The number of carboxylic acids is 1. The molecule has 142 valence electrons. The van der Waals surface area contributed by atoms with Gasteiger partial charge in [-0.15, -0.1) is 0 Å². The Kier molecular flexibility index (Phi) is 4.97. The molecule has 2 N–H and O–H groups in total. The van der Waals surface area contributed by atoms with Gasteiger partial charge in [-0.3, -0.25) is 4.79 Å². The topological polar surface area (TPSA) is 83.0 Å². The zero-order chi connectivity index (χ0) is 20.4. The van der Waals surface area contributed by atoms with Crippen LogP contribution >= 0.6 is 11.6 Å². The lowest BCUT2D eigenvalue weighted by molar-refractivity contribution is -0.131. The molecule has 0 aliphatic rings. The van der Waals surface area contributed by atoms with Crippen molar-refractivity contribution in [3.63, 3.8) is 0 Å². The van der Waals surface area contributed by atoms with Gasteiger partial charge < -0.3 is 10.1 Å². The van der Waals surface area contributed by atoms with Crippen molar-refractivity contribution in [3.05, 3.63) is 94.8 Å². The second-order valence-corrected chi connectivity index (χ2v) is 6.85. The van der Waals surface area contributed by atoms with Gasteiger partial charge >= 0.3 is 5.97 Å². The van der Waals surface area contributed by atoms with Crippen molar-refractivity contribution in [2.75, 3.05) is 0 Å². The number of aromatic nitrogens is 2. The second kappa shape index (κ2) is 7.73. The zero-order valence-corrected chi connectivity index (χ0v) is 15.9. The number of carbonyl (C=O) groups is 2. The summed E-state index contributed by atoms with van der Waals surface area (Å²) in [7, 11) is 0. The molecular formula is C23H15ClN2O3. The summed E-state index contributed by atoms with van der Waals surface area (Å²) in [5.41, 5.74) is 4.08. The minimum atomic E-state index is -1.01. The van der Waals surface area contributed by atoms with Gasteiger partial charge in [-0.25, -0.2) is 9.78 Å². The number of nitrogens with one attached hydrogen (secondary N) is 1. The number of hydrogen-bond acceptors (Lipinski definition) is 3. The molecule has 2 aromatic carbocycles. The number of aliphatic carboxylic acids is 1. The summed E-state index contributed by atoms with van der Waals surface area (Å²) < 4.78 is 0. The van der Waals surface area contributed by atoms with Crippen LogP contribution in [-0.4, -0.2) is 26.8 Å². The minimum absolute atomic E-state index is 0.135. The molecular weight excluding hydrogens is 388 g/mol. The Labute approximate surface area is 171 Å². The molecule has 0 unspecified atom stereocenters. The summed E-state index contributed by atoms with van der Waals surface area (Å²) in [6, 6.07) is 16.0. The highest BCUT2D eigenvalue weighted by Crippen LogP contribution is 2.32. The lowest BCUT2D eigenvalue weighted by atomic mass is 9.96. The van der Waals surface area contributed by atoms with E-state index >= 15 is 0 Å². The van der Waals surface area contributed by atoms with E-state index < -0.39 is 5.97 Å². The first kappa shape index (κ1) is 18.7. The molecule has 0 aliphatic heterocycles. The van der Waals surface area contributed by atoms with E-state index in [1.165, 1.54) is 6.08 Å². The fourth-order valence-corrected chi connectivity index (χ4v) is 3.34. The van der Waals surface area contributed by atoms with Crippen molar-refractivity contribution in [2.24, 2.45) is 0 Å². The number of fused-ring (bicyclic) bond motifs is 1. The molecule has 0 spiro atoms. The molecule has 0 aliphatic carbocycles. The van der Waals surface area contributed by atoms with Gasteiger partial charge in [-0.1, -0.05) is 29.8 Å². The van der Waals surface area contributed by atoms with E-state index in [-0.39, 0.29) is 5.78 Å². The number of carboxylic acid groups (broad SMARTS) is 1. The Morgan fingerprint density at radius 2 is 1.86 bits per heavy atom. The average Bonchev–Trinajstić information content (AvgIpc) is 3.17. The molecule has 4 rings (SSSR count). The Balaban J connectivity index is 1.84. The molecule has 4 aromatic rings. The van der Waals surface area contributed by atoms with Gasteiger partial charge in [0.1, 0.15) is 5.65 Å². The summed E-state index contributed by atoms with van der Waals surface area (Å²) in [5.74, 6) is -1.15. The van der Waals surface area contributed by atoms with Crippen LogP contribution in [0.15, 0.2) is 73.1 Å². The maximum Gasteiger partial charge on any atom is 0.328 e. The van der Waals surface area contributed by atoms with Gasteiger partial charge in [0, 0.05) is 34.4 Å². The van der Waals surface area contributed by atoms with E-state index in [0.29, 0.717) is 27.2 Å². The van der Waals surface area contributed by atoms with Crippen molar-refractivity contribution < 1.29 is 14.7 Å². The normalized spacial score (nSPS) is 11.2. The van der Waals surface area contributed by atoms with Crippen molar-refractivity contribution in [2.45, 2.75) is 0 Å². The third-order valence-electron chi connectivity index (χ3n) is 4.54. The van der Waals surface area contributed by atoms with Crippen LogP contribution in [0.4, 0.5) is 0 Å². The molecule has 2 heterocycles. The summed E-state index contributed by atoms with van der Waals surface area (Å²) in [6.07, 6.45) is 5.95. The molecule has 5 nitrogen and oxygen atoms in total. The Hall–Kier alpha value is -3.70. The number of H-pyrrole nitrogens is 1. The average molecular weight is 403 g/mol. The van der Waals surface area contributed by atoms with Crippen LogP contribution in [0.1, 0.15) is 21.5 Å². The molecule has 29 heavy (non-hydrogen) atoms. The maximum absolute atomic E-state index is 13.1. The standard InChI is InChI=1S/C23H15ClN2O3/c24-17-7-5-15(6-8-17)22(29)19-13-26-23-21(19)18(10-11-25-23)16-3-1-2-14(12-16)4-9-20(27)28/h1-13H,(H,25,26)(H,27,28)/b9-4+. The second-order valence-electron chi connectivity index (χ2n) is 6.42. The van der Waals surface area contributed by atoms with E-state index in [4.69, 9.17) is 16.7 Å². The lowest BCUT2D eigenvalue weighted by Gasteiger charge is -2.07. The fraction of sp³-hybridized carbons (Fsp3) is 0. The molecule has 0 fully saturated rings. The van der Waals surface area contributed by atoms with Gasteiger partial charge in [0.15, 0.2) is 5.78 Å². The third kappa shape index (κ3) is 3.81. The maximum atomic E-state index is 13.1. The van der Waals surface area contributed by atoms with Crippen LogP contribution < -0.4 is 0 Å². The van der Waals surface area contributed by atoms with Gasteiger partial charge in [-0.05, 0) is 59.2 Å². The molecule has 0 radical (unpaired) electrons. The van der Waals surface area contributed by atoms with Crippen molar-refractivity contribution in [1.82, 2.24) is 9.97 Å². The molecule has 0 saturated carbocycles. The van der Waals surface area contributed by atoms with Crippen molar-refractivity contribution in [1.29, 1.82) is 0 Å². The number of hydrogen-bond donors (Lipinski definition) is 2. The van der Waals surface area contributed by atoms with Crippen LogP contribution in [-0.2, 0) is 4.79 Å². The Morgan fingerprint density at radius 1 is 1.07 bits per heavy atom. The van der Waals surface area contributed by atoms with Crippen LogP contribution in [0.2, 0.25) is 5.02 Å². The Bertz CT molecular complexity index is 1260. The zero-order valence-electron chi connectivity index (χ0n) is 15.1. The number of halogens is 1. The van der Waals surface area contributed by atoms with Crippen LogP contribution in [0.25, 0.3) is 28.2 Å². The fourth-order valence-electron chi connectivity index (χ4n) is 3.21. The first-order valence-corrected chi connectivity index (χ1v) is 9.18. The van der Waals surface area contributed by atoms with Crippen LogP contribution in [0, 0.1) is 0 Å². The number of pyridine rings is 1. The van der Waals surface area contributed by atoms with Gasteiger partial charge in [0.25, 0.3) is 0 Å². The molecule has 2 aromatic heterocycles. The number of carbonyl (C=O) groups excluding carboxylic acids is 1. The van der Waals surface area contributed by atoms with Crippen LogP contribution in [0.5, 0.6) is 0 Å². The third-order valence-corrected chi connectivity index (χ3v) is 4.79.